The van der Waals surface area contributed by atoms with E-state index in [1.54, 1.807) is 11.9 Å². The summed E-state index contributed by atoms with van der Waals surface area (Å²) >= 11 is 0. The molecule has 0 radical (unpaired) electrons. The molecule has 0 spiro atoms. The predicted octanol–water partition coefficient (Wildman–Crippen LogP) is 3.41. The zero-order chi connectivity index (χ0) is 15.5. The fourth-order valence-corrected chi connectivity index (χ4v) is 1.94. The van der Waals surface area contributed by atoms with Crippen molar-refractivity contribution in [1.82, 2.24) is 9.97 Å². The number of hydrogen-bond donors (Lipinski definition) is 1. The minimum Gasteiger partial charge on any atom is -0.357 e. The van der Waals surface area contributed by atoms with Gasteiger partial charge < -0.3 is 10.2 Å². The highest BCUT2D eigenvalue weighted by Gasteiger charge is 2.34. The van der Waals surface area contributed by atoms with Gasteiger partial charge in [0.05, 0.1) is 0 Å². The van der Waals surface area contributed by atoms with Crippen LogP contribution in [0.25, 0.3) is 0 Å². The van der Waals surface area contributed by atoms with Crippen LogP contribution in [0.2, 0.25) is 0 Å². The van der Waals surface area contributed by atoms with Gasteiger partial charge in [0.15, 0.2) is 5.69 Å². The molecule has 0 aliphatic heterocycles. The Morgan fingerprint density at radius 3 is 2.30 bits per heavy atom. The maximum atomic E-state index is 12.8. The minimum atomic E-state index is -4.48. The van der Waals surface area contributed by atoms with Crippen LogP contribution >= 0.6 is 0 Å². The molecule has 0 fully saturated rings. The van der Waals surface area contributed by atoms with E-state index < -0.39 is 11.9 Å². The molecule has 1 aromatic rings. The molecule has 1 aromatic heterocycles. The van der Waals surface area contributed by atoms with Crippen molar-refractivity contribution in [3.63, 3.8) is 0 Å². The molecule has 1 unspecified atom stereocenters. The quantitative estimate of drug-likeness (QED) is 0.902. The third kappa shape index (κ3) is 4.25. The molecule has 20 heavy (non-hydrogen) atoms. The van der Waals surface area contributed by atoms with E-state index in [4.69, 9.17) is 0 Å². The van der Waals surface area contributed by atoms with Gasteiger partial charge in [-0.2, -0.15) is 18.2 Å². The number of nitrogens with zero attached hydrogens (tertiary/aromatic N) is 3. The van der Waals surface area contributed by atoms with Gasteiger partial charge in [-0.25, -0.2) is 4.98 Å². The molecule has 0 aliphatic carbocycles. The summed E-state index contributed by atoms with van der Waals surface area (Å²) in [6.07, 6.45) is -3.61. The maximum absolute atomic E-state index is 12.8. The van der Waals surface area contributed by atoms with Crippen LogP contribution in [-0.4, -0.2) is 30.1 Å². The summed E-state index contributed by atoms with van der Waals surface area (Å²) in [7, 11) is 3.24. The summed E-state index contributed by atoms with van der Waals surface area (Å²) in [5, 5.41) is 2.57. The average Bonchev–Trinajstić information content (AvgIpc) is 2.35. The van der Waals surface area contributed by atoms with Gasteiger partial charge in [0.1, 0.15) is 5.82 Å². The molecule has 1 atom stereocenters. The Balaban J connectivity index is 3.10. The first kappa shape index (κ1) is 16.5. The normalized spacial score (nSPS) is 13.4. The topological polar surface area (TPSA) is 41.1 Å². The first-order valence-corrected chi connectivity index (χ1v) is 6.52. The van der Waals surface area contributed by atoms with Crippen LogP contribution in [-0.2, 0) is 6.18 Å². The minimum absolute atomic E-state index is 0.0292. The van der Waals surface area contributed by atoms with E-state index >= 15 is 0 Å². The van der Waals surface area contributed by atoms with Crippen LogP contribution in [0.5, 0.6) is 0 Å². The standard InChI is InChI=1S/C13H21F3N4/c1-8(2)6-9(3)20(5)11-7-10(13(14,15)16)18-12(17-4)19-11/h7-9H,6H2,1-5H3,(H,17,18,19). The maximum Gasteiger partial charge on any atom is 0.433 e. The van der Waals surface area contributed by atoms with E-state index in [0.717, 1.165) is 12.5 Å². The fourth-order valence-electron chi connectivity index (χ4n) is 1.94. The van der Waals surface area contributed by atoms with Crippen molar-refractivity contribution in [2.75, 3.05) is 24.3 Å². The number of aromatic nitrogens is 2. The molecule has 1 heterocycles. The molecule has 0 saturated carbocycles. The van der Waals surface area contributed by atoms with E-state index in [1.165, 1.54) is 7.05 Å². The molecule has 0 aliphatic rings. The second-order valence-corrected chi connectivity index (χ2v) is 5.27. The fraction of sp³-hybridized carbons (Fsp3) is 0.692. The summed E-state index contributed by atoms with van der Waals surface area (Å²) < 4.78 is 38.5. The van der Waals surface area contributed by atoms with Crippen LogP contribution in [0.3, 0.4) is 0 Å². The zero-order valence-electron chi connectivity index (χ0n) is 12.4. The second kappa shape index (κ2) is 6.28. The Hall–Kier alpha value is -1.53. The van der Waals surface area contributed by atoms with Crippen LogP contribution < -0.4 is 10.2 Å². The molecule has 0 saturated heterocycles. The molecule has 0 aromatic carbocycles. The van der Waals surface area contributed by atoms with Gasteiger partial charge in [0, 0.05) is 26.2 Å². The van der Waals surface area contributed by atoms with Gasteiger partial charge in [-0.05, 0) is 19.3 Å². The Kier molecular flexibility index (Phi) is 5.19. The molecule has 7 heteroatoms. The first-order chi connectivity index (χ1) is 9.15. The van der Waals surface area contributed by atoms with Crippen molar-refractivity contribution >= 4 is 11.8 Å². The summed E-state index contributed by atoms with van der Waals surface area (Å²) in [4.78, 5) is 9.30. The first-order valence-electron chi connectivity index (χ1n) is 6.52. The molecular formula is C13H21F3N4. The summed E-state index contributed by atoms with van der Waals surface area (Å²) in [6, 6.07) is 1.08. The molecule has 0 bridgehead atoms. The van der Waals surface area contributed by atoms with Crippen molar-refractivity contribution in [1.29, 1.82) is 0 Å². The monoisotopic (exact) mass is 290 g/mol. The van der Waals surface area contributed by atoms with Crippen LogP contribution in [0.1, 0.15) is 32.9 Å². The van der Waals surface area contributed by atoms with Crippen LogP contribution in [0.15, 0.2) is 6.07 Å². The molecule has 4 nitrogen and oxygen atoms in total. The highest BCUT2D eigenvalue weighted by molar-refractivity contribution is 5.45. The highest BCUT2D eigenvalue weighted by Crippen LogP contribution is 2.31. The molecular weight excluding hydrogens is 269 g/mol. The van der Waals surface area contributed by atoms with Gasteiger partial charge in [0.25, 0.3) is 0 Å². The number of rotatable bonds is 5. The smallest absolute Gasteiger partial charge is 0.357 e. The van der Waals surface area contributed by atoms with Gasteiger partial charge in [-0.15, -0.1) is 0 Å². The van der Waals surface area contributed by atoms with Gasteiger partial charge in [0.2, 0.25) is 5.95 Å². The summed E-state index contributed by atoms with van der Waals surface area (Å²) in [5.41, 5.74) is -0.935. The molecule has 0 amide bonds. The average molecular weight is 290 g/mol. The number of anilines is 2. The zero-order valence-corrected chi connectivity index (χ0v) is 12.4. The Morgan fingerprint density at radius 1 is 1.25 bits per heavy atom. The highest BCUT2D eigenvalue weighted by atomic mass is 19.4. The van der Waals surface area contributed by atoms with Crippen LogP contribution in [0.4, 0.5) is 24.9 Å². The van der Waals surface area contributed by atoms with Crippen molar-refractivity contribution in [3.05, 3.63) is 11.8 Å². The third-order valence-corrected chi connectivity index (χ3v) is 3.06. The lowest BCUT2D eigenvalue weighted by molar-refractivity contribution is -0.141. The van der Waals surface area contributed by atoms with Crippen molar-refractivity contribution < 1.29 is 13.2 Å². The summed E-state index contributed by atoms with van der Waals surface area (Å²) in [6.45, 7) is 6.11. The van der Waals surface area contributed by atoms with Gasteiger partial charge >= 0.3 is 6.18 Å². The number of hydrogen-bond acceptors (Lipinski definition) is 4. The van der Waals surface area contributed by atoms with Crippen LogP contribution in [0, 0.1) is 5.92 Å². The van der Waals surface area contributed by atoms with E-state index in [9.17, 15) is 13.2 Å². The predicted molar refractivity (Wildman–Crippen MR) is 73.9 cm³/mol. The number of halogens is 3. The summed E-state index contributed by atoms with van der Waals surface area (Å²) in [5.74, 6) is 0.698. The van der Waals surface area contributed by atoms with Gasteiger partial charge in [-0.1, -0.05) is 13.8 Å². The lowest BCUT2D eigenvalue weighted by atomic mass is 10.0. The van der Waals surface area contributed by atoms with Crippen molar-refractivity contribution in [2.24, 2.45) is 5.92 Å². The lowest BCUT2D eigenvalue weighted by Crippen LogP contribution is -2.31. The molecule has 1 rings (SSSR count). The molecule has 1 N–H and O–H groups in total. The Morgan fingerprint density at radius 2 is 1.85 bits per heavy atom. The van der Waals surface area contributed by atoms with E-state index in [0.29, 0.717) is 5.92 Å². The third-order valence-electron chi connectivity index (χ3n) is 3.06. The van der Waals surface area contributed by atoms with E-state index in [2.05, 4.69) is 29.1 Å². The second-order valence-electron chi connectivity index (χ2n) is 5.27. The SMILES string of the molecule is CNc1nc(N(C)C(C)CC(C)C)cc(C(F)(F)F)n1. The Labute approximate surface area is 117 Å². The number of alkyl halides is 3. The largest absolute Gasteiger partial charge is 0.433 e. The number of nitrogens with one attached hydrogen (secondary N) is 1. The van der Waals surface area contributed by atoms with E-state index in [-0.39, 0.29) is 17.8 Å². The van der Waals surface area contributed by atoms with Crippen molar-refractivity contribution in [3.8, 4) is 0 Å². The molecule has 114 valence electrons. The lowest BCUT2D eigenvalue weighted by Gasteiger charge is -2.28. The Bertz CT molecular complexity index is 446. The van der Waals surface area contributed by atoms with Gasteiger partial charge in [-0.3, -0.25) is 0 Å². The van der Waals surface area contributed by atoms with Crippen molar-refractivity contribution in [2.45, 2.75) is 39.4 Å². The van der Waals surface area contributed by atoms with E-state index in [1.807, 2.05) is 6.92 Å².